The molecule has 0 spiro atoms. The standard InChI is InChI=1S/C7H10F2O3.C4H8O/c8-7(9,6(10)11)5-1-3-12-4-2-5;1-2-4-5-3-1/h5H,1-4H2,(H,10,11);1-4H2. The highest BCUT2D eigenvalue weighted by Gasteiger charge is 2.47. The summed E-state index contributed by atoms with van der Waals surface area (Å²) in [6.45, 7) is 2.46. The molecular formula is C11H18F2O4. The Hall–Kier alpha value is -0.750. The molecule has 17 heavy (non-hydrogen) atoms. The minimum atomic E-state index is -3.59. The largest absolute Gasteiger partial charge is 0.477 e. The lowest BCUT2D eigenvalue weighted by Crippen LogP contribution is -2.40. The highest BCUT2D eigenvalue weighted by Crippen LogP contribution is 2.32. The van der Waals surface area contributed by atoms with Crippen molar-refractivity contribution in [3.8, 4) is 0 Å². The molecule has 0 atom stereocenters. The van der Waals surface area contributed by atoms with Crippen LogP contribution in [0.1, 0.15) is 25.7 Å². The Morgan fingerprint density at radius 2 is 1.53 bits per heavy atom. The summed E-state index contributed by atoms with van der Waals surface area (Å²) in [6, 6.07) is 0. The lowest BCUT2D eigenvalue weighted by molar-refractivity contribution is -0.178. The van der Waals surface area contributed by atoms with Crippen molar-refractivity contribution in [2.75, 3.05) is 26.4 Å². The molecule has 100 valence electrons. The van der Waals surface area contributed by atoms with Crippen LogP contribution >= 0.6 is 0 Å². The second kappa shape index (κ2) is 6.86. The minimum Gasteiger partial charge on any atom is -0.477 e. The van der Waals surface area contributed by atoms with E-state index in [2.05, 4.69) is 0 Å². The summed E-state index contributed by atoms with van der Waals surface area (Å²) in [6.07, 6.45) is 2.80. The molecule has 2 saturated heterocycles. The van der Waals surface area contributed by atoms with Gasteiger partial charge < -0.3 is 14.6 Å². The van der Waals surface area contributed by atoms with Crippen LogP contribution in [0.25, 0.3) is 0 Å². The quantitative estimate of drug-likeness (QED) is 0.815. The Balaban J connectivity index is 0.000000239. The number of carboxylic acid groups (broad SMARTS) is 1. The summed E-state index contributed by atoms with van der Waals surface area (Å²) in [4.78, 5) is 10.1. The molecule has 0 amide bonds. The molecule has 0 aromatic rings. The summed E-state index contributed by atoms with van der Waals surface area (Å²) in [5, 5.41) is 8.20. The zero-order valence-corrected chi connectivity index (χ0v) is 9.66. The SMILES string of the molecule is C1CCOC1.O=C(O)C(F)(F)C1CCOCC1. The lowest BCUT2D eigenvalue weighted by atomic mass is 9.93. The van der Waals surface area contributed by atoms with Crippen LogP contribution < -0.4 is 0 Å². The molecular weight excluding hydrogens is 234 g/mol. The predicted octanol–water partition coefficient (Wildman–Crippen LogP) is 1.93. The normalized spacial score (nSPS) is 21.8. The fraction of sp³-hybridized carbons (Fsp3) is 0.909. The molecule has 0 aromatic heterocycles. The number of carbonyl (C=O) groups is 1. The van der Waals surface area contributed by atoms with Crippen LogP contribution in [0, 0.1) is 5.92 Å². The first-order valence-electron chi connectivity index (χ1n) is 5.82. The number of alkyl halides is 2. The van der Waals surface area contributed by atoms with Gasteiger partial charge in [0.05, 0.1) is 0 Å². The van der Waals surface area contributed by atoms with E-state index < -0.39 is 17.8 Å². The molecule has 0 aliphatic carbocycles. The van der Waals surface area contributed by atoms with Gasteiger partial charge in [-0.25, -0.2) is 4.79 Å². The molecule has 2 fully saturated rings. The maximum absolute atomic E-state index is 12.8. The Bertz CT molecular complexity index is 228. The summed E-state index contributed by atoms with van der Waals surface area (Å²) >= 11 is 0. The fourth-order valence-electron chi connectivity index (χ4n) is 1.75. The number of ether oxygens (including phenoxy) is 2. The fourth-order valence-corrected chi connectivity index (χ4v) is 1.75. The van der Waals surface area contributed by atoms with Crippen molar-refractivity contribution in [3.63, 3.8) is 0 Å². The number of aliphatic carboxylic acids is 1. The minimum absolute atomic E-state index is 0.124. The molecule has 2 aliphatic heterocycles. The van der Waals surface area contributed by atoms with E-state index in [9.17, 15) is 13.6 Å². The first kappa shape index (κ1) is 14.3. The van der Waals surface area contributed by atoms with Gasteiger partial charge in [0.15, 0.2) is 0 Å². The first-order chi connectivity index (χ1) is 8.05. The number of hydrogen-bond acceptors (Lipinski definition) is 3. The number of hydrogen-bond donors (Lipinski definition) is 1. The molecule has 4 nitrogen and oxygen atoms in total. The summed E-state index contributed by atoms with van der Waals surface area (Å²) in [7, 11) is 0. The van der Waals surface area contributed by atoms with Crippen molar-refractivity contribution < 1.29 is 28.2 Å². The molecule has 0 unspecified atom stereocenters. The summed E-state index contributed by atoms with van der Waals surface area (Å²) in [5.41, 5.74) is 0. The van der Waals surface area contributed by atoms with Crippen LogP contribution in [0.4, 0.5) is 8.78 Å². The topological polar surface area (TPSA) is 55.8 Å². The molecule has 2 rings (SSSR count). The average molecular weight is 252 g/mol. The van der Waals surface area contributed by atoms with Gasteiger partial charge in [-0.2, -0.15) is 8.78 Å². The van der Waals surface area contributed by atoms with Crippen molar-refractivity contribution in [1.82, 2.24) is 0 Å². The van der Waals surface area contributed by atoms with Crippen molar-refractivity contribution >= 4 is 5.97 Å². The van der Waals surface area contributed by atoms with Crippen molar-refractivity contribution in [2.24, 2.45) is 5.92 Å². The molecule has 1 N–H and O–H groups in total. The average Bonchev–Trinajstić information content (AvgIpc) is 2.88. The maximum Gasteiger partial charge on any atom is 0.374 e. The molecule has 0 radical (unpaired) electrons. The van der Waals surface area contributed by atoms with Crippen molar-refractivity contribution in [3.05, 3.63) is 0 Å². The van der Waals surface area contributed by atoms with Crippen LogP contribution in [0.5, 0.6) is 0 Å². The number of carboxylic acids is 1. The smallest absolute Gasteiger partial charge is 0.374 e. The van der Waals surface area contributed by atoms with Gasteiger partial charge in [0.2, 0.25) is 0 Å². The van der Waals surface area contributed by atoms with Gasteiger partial charge in [0.25, 0.3) is 0 Å². The van der Waals surface area contributed by atoms with Gasteiger partial charge >= 0.3 is 11.9 Å². The highest BCUT2D eigenvalue weighted by molar-refractivity contribution is 5.75. The second-order valence-corrected chi connectivity index (χ2v) is 4.13. The van der Waals surface area contributed by atoms with E-state index in [1.165, 1.54) is 12.8 Å². The van der Waals surface area contributed by atoms with Crippen molar-refractivity contribution in [2.45, 2.75) is 31.6 Å². The predicted molar refractivity (Wildman–Crippen MR) is 56.2 cm³/mol. The third kappa shape index (κ3) is 4.55. The van der Waals surface area contributed by atoms with Gasteiger partial charge in [-0.1, -0.05) is 0 Å². The monoisotopic (exact) mass is 252 g/mol. The molecule has 2 heterocycles. The van der Waals surface area contributed by atoms with Gasteiger partial charge in [-0.15, -0.1) is 0 Å². The van der Waals surface area contributed by atoms with E-state index in [1.54, 1.807) is 0 Å². The molecule has 0 bridgehead atoms. The van der Waals surface area contributed by atoms with E-state index in [1.807, 2.05) is 0 Å². The third-order valence-corrected chi connectivity index (χ3v) is 2.85. The Labute approximate surface area is 98.9 Å². The number of rotatable bonds is 2. The van der Waals surface area contributed by atoms with Crippen LogP contribution in [0.3, 0.4) is 0 Å². The molecule has 0 saturated carbocycles. The van der Waals surface area contributed by atoms with Gasteiger partial charge in [0, 0.05) is 32.3 Å². The molecule has 2 aliphatic rings. The zero-order valence-electron chi connectivity index (χ0n) is 9.66. The Morgan fingerprint density at radius 1 is 1.06 bits per heavy atom. The lowest BCUT2D eigenvalue weighted by Gasteiger charge is -2.26. The number of halogens is 2. The van der Waals surface area contributed by atoms with Crippen LogP contribution in [0.15, 0.2) is 0 Å². The van der Waals surface area contributed by atoms with Crippen LogP contribution in [0.2, 0.25) is 0 Å². The van der Waals surface area contributed by atoms with E-state index in [-0.39, 0.29) is 26.1 Å². The molecule has 0 aromatic carbocycles. The van der Waals surface area contributed by atoms with Crippen LogP contribution in [-0.4, -0.2) is 43.4 Å². The van der Waals surface area contributed by atoms with Gasteiger partial charge in [-0.3, -0.25) is 0 Å². The Morgan fingerprint density at radius 3 is 1.88 bits per heavy atom. The van der Waals surface area contributed by atoms with E-state index >= 15 is 0 Å². The van der Waals surface area contributed by atoms with Gasteiger partial charge in [-0.05, 0) is 25.7 Å². The van der Waals surface area contributed by atoms with E-state index in [0.29, 0.717) is 0 Å². The van der Waals surface area contributed by atoms with Gasteiger partial charge in [0.1, 0.15) is 0 Å². The van der Waals surface area contributed by atoms with Crippen molar-refractivity contribution in [1.29, 1.82) is 0 Å². The second-order valence-electron chi connectivity index (χ2n) is 4.13. The maximum atomic E-state index is 12.8. The van der Waals surface area contributed by atoms with E-state index in [0.717, 1.165) is 13.2 Å². The summed E-state index contributed by atoms with van der Waals surface area (Å²) < 4.78 is 35.3. The third-order valence-electron chi connectivity index (χ3n) is 2.85. The van der Waals surface area contributed by atoms with Crippen LogP contribution in [-0.2, 0) is 14.3 Å². The zero-order chi connectivity index (χ0) is 12.7. The first-order valence-corrected chi connectivity index (χ1v) is 5.82. The Kier molecular flexibility index (Phi) is 5.77. The van der Waals surface area contributed by atoms with E-state index in [4.69, 9.17) is 14.6 Å². The highest BCUT2D eigenvalue weighted by atomic mass is 19.3. The molecule has 6 heteroatoms. The summed E-state index contributed by atoms with van der Waals surface area (Å²) in [5.74, 6) is -6.69.